The second-order valence-corrected chi connectivity index (χ2v) is 5.75. The van der Waals surface area contributed by atoms with Gasteiger partial charge in [-0.05, 0) is 36.8 Å². The number of benzene rings is 2. The normalized spacial score (nSPS) is 10.9. The summed E-state index contributed by atoms with van der Waals surface area (Å²) < 4.78 is 0. The molecule has 0 fully saturated rings. The van der Waals surface area contributed by atoms with Crippen molar-refractivity contribution < 1.29 is 9.90 Å². The number of carbonyl (C=O) groups is 1. The van der Waals surface area contributed by atoms with Gasteiger partial charge in [0.1, 0.15) is 0 Å². The number of hydrogen-bond acceptors (Lipinski definition) is 2. The average molecular weight is 332 g/mol. The maximum atomic E-state index is 11.7. The van der Waals surface area contributed by atoms with Crippen molar-refractivity contribution in [3.8, 4) is 11.3 Å². The molecule has 0 aliphatic carbocycles. The molecule has 2 aromatic carbocycles. The minimum atomic E-state index is -0.984. The lowest BCUT2D eigenvalue weighted by atomic mass is 9.98. The van der Waals surface area contributed by atoms with Crippen LogP contribution in [0.1, 0.15) is 15.9 Å². The largest absolute Gasteiger partial charge is 0.478 e. The number of para-hydroxylation sites is 1. The van der Waals surface area contributed by atoms with E-state index in [0.29, 0.717) is 37.8 Å². The number of carboxylic acids is 1. The first-order valence-corrected chi connectivity index (χ1v) is 7.32. The van der Waals surface area contributed by atoms with Crippen molar-refractivity contribution in [1.82, 2.24) is 4.98 Å². The lowest BCUT2D eigenvalue weighted by Gasteiger charge is -2.13. The van der Waals surface area contributed by atoms with E-state index >= 15 is 0 Å². The highest BCUT2D eigenvalue weighted by Crippen LogP contribution is 2.34. The Morgan fingerprint density at radius 1 is 1.14 bits per heavy atom. The summed E-state index contributed by atoms with van der Waals surface area (Å²) in [5.74, 6) is -0.984. The maximum absolute atomic E-state index is 11.7. The van der Waals surface area contributed by atoms with Crippen molar-refractivity contribution >= 4 is 40.1 Å². The van der Waals surface area contributed by atoms with Crippen LogP contribution in [0.2, 0.25) is 10.0 Å². The van der Waals surface area contributed by atoms with Gasteiger partial charge in [-0.3, -0.25) is 0 Å². The number of carboxylic acid groups (broad SMARTS) is 1. The highest BCUT2D eigenvalue weighted by molar-refractivity contribution is 6.36. The predicted molar refractivity (Wildman–Crippen MR) is 88.9 cm³/mol. The quantitative estimate of drug-likeness (QED) is 0.700. The number of pyridine rings is 1. The summed E-state index contributed by atoms with van der Waals surface area (Å²) in [6.07, 6.45) is 0. The van der Waals surface area contributed by atoms with Crippen molar-refractivity contribution in [3.63, 3.8) is 0 Å². The van der Waals surface area contributed by atoms with E-state index in [1.165, 1.54) is 0 Å². The molecule has 0 aliphatic rings. The summed E-state index contributed by atoms with van der Waals surface area (Å²) in [7, 11) is 0. The number of hydrogen-bond donors (Lipinski definition) is 1. The van der Waals surface area contributed by atoms with Gasteiger partial charge in [0.25, 0.3) is 0 Å². The summed E-state index contributed by atoms with van der Waals surface area (Å²) in [5, 5.41) is 11.1. The highest BCUT2D eigenvalue weighted by atomic mass is 35.5. The van der Waals surface area contributed by atoms with Crippen molar-refractivity contribution in [2.75, 3.05) is 0 Å². The summed E-state index contributed by atoms with van der Waals surface area (Å²) in [6, 6.07) is 12.2. The maximum Gasteiger partial charge on any atom is 0.336 e. The standard InChI is InChI=1S/C17H11Cl2NO2/c1-9-15(17(21)22)12-4-2-3-5-14(12)20-16(9)11-7-6-10(18)8-13(11)19/h2-8H,1H3,(H,21,22). The fraction of sp³-hybridized carbons (Fsp3) is 0.0588. The van der Waals surface area contributed by atoms with Crippen LogP contribution in [0.4, 0.5) is 0 Å². The molecule has 0 saturated heterocycles. The zero-order valence-electron chi connectivity index (χ0n) is 11.6. The van der Waals surface area contributed by atoms with E-state index in [4.69, 9.17) is 23.2 Å². The Morgan fingerprint density at radius 3 is 2.55 bits per heavy atom. The number of fused-ring (bicyclic) bond motifs is 1. The molecule has 1 heterocycles. The van der Waals surface area contributed by atoms with Crippen LogP contribution in [0, 0.1) is 6.92 Å². The molecule has 3 rings (SSSR count). The summed E-state index contributed by atoms with van der Waals surface area (Å²) in [4.78, 5) is 16.3. The number of nitrogens with zero attached hydrogens (tertiary/aromatic N) is 1. The minimum Gasteiger partial charge on any atom is -0.478 e. The van der Waals surface area contributed by atoms with Crippen molar-refractivity contribution in [2.45, 2.75) is 6.92 Å². The average Bonchev–Trinajstić information content (AvgIpc) is 2.46. The van der Waals surface area contributed by atoms with Gasteiger partial charge in [0.2, 0.25) is 0 Å². The lowest BCUT2D eigenvalue weighted by Crippen LogP contribution is -2.05. The summed E-state index contributed by atoms with van der Waals surface area (Å²) in [5.41, 5.74) is 2.66. The van der Waals surface area contributed by atoms with Crippen LogP contribution in [0.3, 0.4) is 0 Å². The van der Waals surface area contributed by atoms with Crippen LogP contribution in [0.15, 0.2) is 42.5 Å². The predicted octanol–water partition coefficient (Wildman–Crippen LogP) is 5.22. The van der Waals surface area contributed by atoms with E-state index in [9.17, 15) is 9.90 Å². The van der Waals surface area contributed by atoms with Crippen LogP contribution < -0.4 is 0 Å². The summed E-state index contributed by atoms with van der Waals surface area (Å²) in [6.45, 7) is 1.74. The zero-order valence-corrected chi connectivity index (χ0v) is 13.1. The minimum absolute atomic E-state index is 0.242. The van der Waals surface area contributed by atoms with Crippen LogP contribution in [-0.2, 0) is 0 Å². The molecule has 110 valence electrons. The van der Waals surface area contributed by atoms with Gasteiger partial charge in [0.05, 0.1) is 21.8 Å². The van der Waals surface area contributed by atoms with E-state index < -0.39 is 5.97 Å². The first-order valence-electron chi connectivity index (χ1n) is 6.57. The van der Waals surface area contributed by atoms with Crippen molar-refractivity contribution in [2.24, 2.45) is 0 Å². The number of aromatic carboxylic acids is 1. The molecule has 22 heavy (non-hydrogen) atoms. The van der Waals surface area contributed by atoms with Gasteiger partial charge >= 0.3 is 5.97 Å². The Balaban J connectivity index is 2.40. The Labute approximate surface area is 137 Å². The molecule has 0 bridgehead atoms. The molecule has 0 saturated carbocycles. The van der Waals surface area contributed by atoms with Gasteiger partial charge in [0, 0.05) is 16.0 Å². The smallest absolute Gasteiger partial charge is 0.336 e. The lowest BCUT2D eigenvalue weighted by molar-refractivity contribution is 0.0698. The van der Waals surface area contributed by atoms with E-state index in [-0.39, 0.29) is 5.56 Å². The Kier molecular flexibility index (Phi) is 3.77. The Morgan fingerprint density at radius 2 is 1.86 bits per heavy atom. The van der Waals surface area contributed by atoms with E-state index in [1.54, 1.807) is 43.3 Å². The van der Waals surface area contributed by atoms with E-state index in [2.05, 4.69) is 4.98 Å². The molecule has 0 spiro atoms. The number of rotatable bonds is 2. The molecule has 1 N–H and O–H groups in total. The number of aromatic nitrogens is 1. The highest BCUT2D eigenvalue weighted by Gasteiger charge is 2.19. The molecule has 0 amide bonds. The third-order valence-corrected chi connectivity index (χ3v) is 4.08. The molecular formula is C17H11Cl2NO2. The van der Waals surface area contributed by atoms with Crippen LogP contribution in [0.25, 0.3) is 22.2 Å². The van der Waals surface area contributed by atoms with Gasteiger partial charge in [-0.1, -0.05) is 41.4 Å². The molecule has 3 aromatic rings. The van der Waals surface area contributed by atoms with Crippen LogP contribution in [-0.4, -0.2) is 16.1 Å². The topological polar surface area (TPSA) is 50.2 Å². The zero-order chi connectivity index (χ0) is 15.9. The van der Waals surface area contributed by atoms with Gasteiger partial charge in [-0.25, -0.2) is 9.78 Å². The molecule has 1 aromatic heterocycles. The van der Waals surface area contributed by atoms with Gasteiger partial charge in [0.15, 0.2) is 0 Å². The fourth-order valence-corrected chi connectivity index (χ4v) is 3.02. The molecule has 0 unspecified atom stereocenters. The molecule has 0 atom stereocenters. The third kappa shape index (κ3) is 2.43. The van der Waals surface area contributed by atoms with Gasteiger partial charge in [-0.2, -0.15) is 0 Å². The summed E-state index contributed by atoms with van der Waals surface area (Å²) >= 11 is 12.2. The van der Waals surface area contributed by atoms with Crippen molar-refractivity contribution in [1.29, 1.82) is 0 Å². The first-order chi connectivity index (χ1) is 10.5. The number of halogens is 2. The van der Waals surface area contributed by atoms with Gasteiger partial charge in [-0.15, -0.1) is 0 Å². The second-order valence-electron chi connectivity index (χ2n) is 4.91. The van der Waals surface area contributed by atoms with Crippen LogP contribution >= 0.6 is 23.2 Å². The Bertz CT molecular complexity index is 907. The SMILES string of the molecule is Cc1c(-c2ccc(Cl)cc2Cl)nc2ccccc2c1C(=O)O. The molecule has 0 radical (unpaired) electrons. The molecular weight excluding hydrogens is 321 g/mol. The molecule has 3 nitrogen and oxygen atoms in total. The fourth-order valence-electron chi connectivity index (χ4n) is 2.53. The molecule has 0 aliphatic heterocycles. The second kappa shape index (κ2) is 5.59. The van der Waals surface area contributed by atoms with Crippen LogP contribution in [0.5, 0.6) is 0 Å². The van der Waals surface area contributed by atoms with E-state index in [0.717, 1.165) is 0 Å². The van der Waals surface area contributed by atoms with Crippen molar-refractivity contribution in [3.05, 3.63) is 63.6 Å². The third-order valence-electron chi connectivity index (χ3n) is 3.54. The van der Waals surface area contributed by atoms with E-state index in [1.807, 2.05) is 6.07 Å². The first kappa shape index (κ1) is 14.8. The monoisotopic (exact) mass is 331 g/mol. The van der Waals surface area contributed by atoms with Gasteiger partial charge < -0.3 is 5.11 Å². The molecule has 5 heteroatoms. The Hall–Kier alpha value is -2.10.